The molecule has 0 atom stereocenters. The van der Waals surface area contributed by atoms with Gasteiger partial charge in [0, 0.05) is 18.2 Å². The van der Waals surface area contributed by atoms with E-state index in [1.165, 1.54) is 12.4 Å². The molecule has 2 aromatic rings. The van der Waals surface area contributed by atoms with Crippen LogP contribution < -0.4 is 10.2 Å². The molecule has 0 saturated carbocycles. The molecule has 0 aliphatic carbocycles. The van der Waals surface area contributed by atoms with Crippen LogP contribution in [0.3, 0.4) is 0 Å². The van der Waals surface area contributed by atoms with E-state index in [2.05, 4.69) is 10.1 Å². The van der Waals surface area contributed by atoms with E-state index in [9.17, 15) is 0 Å². The highest BCUT2D eigenvalue weighted by Gasteiger charge is 2.12. The van der Waals surface area contributed by atoms with Crippen LogP contribution >= 0.6 is 0 Å². The molecule has 0 aromatic carbocycles. The van der Waals surface area contributed by atoms with Gasteiger partial charge in [-0.05, 0) is 26.0 Å². The van der Waals surface area contributed by atoms with E-state index in [1.54, 1.807) is 6.07 Å². The van der Waals surface area contributed by atoms with E-state index in [1.807, 2.05) is 24.6 Å². The van der Waals surface area contributed by atoms with Gasteiger partial charge < -0.3 is 14.8 Å². The highest BCUT2D eigenvalue weighted by molar-refractivity contribution is 6.58. The summed E-state index contributed by atoms with van der Waals surface area (Å²) in [4.78, 5) is 3.90. The van der Waals surface area contributed by atoms with Gasteiger partial charge in [-0.15, -0.1) is 0 Å². The second-order valence-corrected chi connectivity index (χ2v) is 4.21. The van der Waals surface area contributed by atoms with Crippen LogP contribution in [0, 0.1) is 6.92 Å². The summed E-state index contributed by atoms with van der Waals surface area (Å²) in [6, 6.07) is 3.51. The fourth-order valence-electron chi connectivity index (χ4n) is 1.80. The summed E-state index contributed by atoms with van der Waals surface area (Å²) < 4.78 is 7.46. The number of aromatic nitrogens is 3. The summed E-state index contributed by atoms with van der Waals surface area (Å²) in [6.45, 7) is 5.09. The van der Waals surface area contributed by atoms with Gasteiger partial charge in [0.2, 0.25) is 0 Å². The number of hydrogen-bond acceptors (Lipinski definition) is 5. The fraction of sp³-hybridized carbons (Fsp3) is 0.333. The van der Waals surface area contributed by atoms with Crippen molar-refractivity contribution in [1.82, 2.24) is 14.8 Å². The van der Waals surface area contributed by atoms with Gasteiger partial charge in [0.15, 0.2) is 0 Å². The van der Waals surface area contributed by atoms with Crippen LogP contribution in [-0.2, 0) is 13.2 Å². The zero-order valence-corrected chi connectivity index (χ0v) is 10.9. The van der Waals surface area contributed by atoms with Crippen molar-refractivity contribution in [3.63, 3.8) is 0 Å². The monoisotopic (exact) mass is 261 g/mol. The van der Waals surface area contributed by atoms with Gasteiger partial charge in [0.25, 0.3) is 0 Å². The largest absolute Gasteiger partial charge is 0.490 e. The minimum Gasteiger partial charge on any atom is -0.486 e. The van der Waals surface area contributed by atoms with Gasteiger partial charge >= 0.3 is 7.12 Å². The Bertz CT molecular complexity index is 557. The van der Waals surface area contributed by atoms with E-state index >= 15 is 0 Å². The topological polar surface area (TPSA) is 80.4 Å². The molecular weight excluding hydrogens is 245 g/mol. The number of hydrogen-bond donors (Lipinski definition) is 2. The molecule has 0 aliphatic rings. The van der Waals surface area contributed by atoms with Crippen LogP contribution in [0.2, 0.25) is 0 Å². The van der Waals surface area contributed by atoms with Gasteiger partial charge in [-0.3, -0.25) is 9.67 Å². The molecule has 0 radical (unpaired) electrons. The van der Waals surface area contributed by atoms with Crippen LogP contribution in [0.5, 0.6) is 5.75 Å². The van der Waals surface area contributed by atoms with Gasteiger partial charge in [-0.2, -0.15) is 5.10 Å². The summed E-state index contributed by atoms with van der Waals surface area (Å²) in [5.74, 6) is 0.493. The summed E-state index contributed by atoms with van der Waals surface area (Å²) in [5.41, 5.74) is 2.21. The molecular formula is C12H16BN3O3. The van der Waals surface area contributed by atoms with E-state index in [-0.39, 0.29) is 0 Å². The quantitative estimate of drug-likeness (QED) is 0.732. The van der Waals surface area contributed by atoms with Gasteiger partial charge in [-0.1, -0.05) is 0 Å². The molecule has 0 spiro atoms. The van der Waals surface area contributed by atoms with Gasteiger partial charge in [0.05, 0.1) is 17.6 Å². The average Bonchev–Trinajstić information content (AvgIpc) is 2.77. The van der Waals surface area contributed by atoms with Gasteiger partial charge in [-0.25, -0.2) is 0 Å². The minimum absolute atomic E-state index is 0.303. The Morgan fingerprint density at radius 2 is 2.11 bits per heavy atom. The lowest BCUT2D eigenvalue weighted by Crippen LogP contribution is -2.30. The molecule has 0 amide bonds. The third-order valence-electron chi connectivity index (χ3n) is 2.70. The average molecular weight is 261 g/mol. The van der Waals surface area contributed by atoms with E-state index < -0.39 is 7.12 Å². The number of aryl methyl sites for hydroxylation is 2. The van der Waals surface area contributed by atoms with Crippen LogP contribution in [0.1, 0.15) is 18.3 Å². The van der Waals surface area contributed by atoms with Crippen molar-refractivity contribution < 1.29 is 14.8 Å². The normalized spacial score (nSPS) is 10.5. The Labute approximate surface area is 111 Å². The molecule has 2 heterocycles. The van der Waals surface area contributed by atoms with Crippen molar-refractivity contribution in [2.24, 2.45) is 0 Å². The Morgan fingerprint density at radius 1 is 1.32 bits per heavy atom. The van der Waals surface area contributed by atoms with Crippen molar-refractivity contribution in [2.45, 2.75) is 27.0 Å². The zero-order valence-electron chi connectivity index (χ0n) is 10.9. The van der Waals surface area contributed by atoms with Crippen LogP contribution in [0.4, 0.5) is 0 Å². The first-order valence-electron chi connectivity index (χ1n) is 6.07. The maximum Gasteiger partial charge on any atom is 0.490 e. The van der Waals surface area contributed by atoms with E-state index in [4.69, 9.17) is 14.8 Å². The lowest BCUT2D eigenvalue weighted by Gasteiger charge is -2.08. The first-order valence-corrected chi connectivity index (χ1v) is 6.07. The number of nitrogens with zero attached hydrogens (tertiary/aromatic N) is 3. The fourth-order valence-corrected chi connectivity index (χ4v) is 1.80. The standard InChI is InChI=1S/C12H16BN3O3/c1-3-16-11(4-9(2)15-16)8-19-12-5-10(13(17)18)6-14-7-12/h4-7,17-18H,3,8H2,1-2H3. The predicted molar refractivity (Wildman–Crippen MR) is 71.0 cm³/mol. The number of rotatable bonds is 5. The molecule has 2 rings (SSSR count). The molecule has 0 saturated heterocycles. The lowest BCUT2D eigenvalue weighted by atomic mass is 9.82. The minimum atomic E-state index is -1.54. The second-order valence-electron chi connectivity index (χ2n) is 4.21. The molecule has 6 nitrogen and oxygen atoms in total. The lowest BCUT2D eigenvalue weighted by molar-refractivity contribution is 0.291. The van der Waals surface area contributed by atoms with Crippen molar-refractivity contribution >= 4 is 12.6 Å². The summed E-state index contributed by atoms with van der Waals surface area (Å²) in [6.07, 6.45) is 2.92. The van der Waals surface area contributed by atoms with Crippen LogP contribution in [0.15, 0.2) is 24.5 Å². The van der Waals surface area contributed by atoms with E-state index in [0.717, 1.165) is 17.9 Å². The molecule has 7 heteroatoms. The summed E-state index contributed by atoms with van der Waals surface area (Å²) in [7, 11) is -1.54. The third kappa shape index (κ3) is 3.33. The van der Waals surface area contributed by atoms with Crippen LogP contribution in [-0.4, -0.2) is 31.9 Å². The molecule has 2 N–H and O–H groups in total. The van der Waals surface area contributed by atoms with Crippen molar-refractivity contribution in [2.75, 3.05) is 0 Å². The summed E-state index contributed by atoms with van der Waals surface area (Å²) >= 11 is 0. The Hall–Kier alpha value is -1.86. The Balaban J connectivity index is 2.07. The molecule has 100 valence electrons. The maximum atomic E-state index is 9.06. The smallest absolute Gasteiger partial charge is 0.486 e. The van der Waals surface area contributed by atoms with Crippen LogP contribution in [0.25, 0.3) is 0 Å². The SMILES string of the molecule is CCn1nc(C)cc1COc1cncc(B(O)O)c1. The van der Waals surface area contributed by atoms with Crippen molar-refractivity contribution in [1.29, 1.82) is 0 Å². The van der Waals surface area contributed by atoms with Crippen molar-refractivity contribution in [3.05, 3.63) is 35.9 Å². The first kappa shape index (κ1) is 13.6. The molecule has 2 aromatic heterocycles. The Kier molecular flexibility index (Phi) is 4.18. The summed E-state index contributed by atoms with van der Waals surface area (Å²) in [5, 5.41) is 22.5. The highest BCUT2D eigenvalue weighted by atomic mass is 16.5. The zero-order chi connectivity index (χ0) is 13.8. The van der Waals surface area contributed by atoms with Crippen molar-refractivity contribution in [3.8, 4) is 5.75 Å². The second kappa shape index (κ2) is 5.86. The predicted octanol–water partition coefficient (Wildman–Crippen LogP) is -0.135. The Morgan fingerprint density at radius 3 is 2.79 bits per heavy atom. The highest BCUT2D eigenvalue weighted by Crippen LogP contribution is 2.11. The molecule has 0 fully saturated rings. The van der Waals surface area contributed by atoms with Gasteiger partial charge in [0.1, 0.15) is 12.4 Å². The molecule has 0 unspecified atom stereocenters. The molecule has 0 aliphatic heterocycles. The number of pyridine rings is 1. The third-order valence-corrected chi connectivity index (χ3v) is 2.70. The molecule has 0 bridgehead atoms. The van der Waals surface area contributed by atoms with E-state index in [0.29, 0.717) is 17.8 Å². The maximum absolute atomic E-state index is 9.06. The number of ether oxygens (including phenoxy) is 1. The molecule has 19 heavy (non-hydrogen) atoms. The first-order chi connectivity index (χ1) is 9.10.